The van der Waals surface area contributed by atoms with Crippen molar-refractivity contribution < 1.29 is 9.53 Å². The van der Waals surface area contributed by atoms with Crippen LogP contribution in [0.5, 0.6) is 0 Å². The lowest BCUT2D eigenvalue weighted by molar-refractivity contribution is 0.0955. The fourth-order valence-corrected chi connectivity index (χ4v) is 3.51. The van der Waals surface area contributed by atoms with Gasteiger partial charge in [0, 0.05) is 44.3 Å². The van der Waals surface area contributed by atoms with Crippen molar-refractivity contribution in [2.24, 2.45) is 0 Å². The second-order valence-corrected chi connectivity index (χ2v) is 6.81. The first-order valence-corrected chi connectivity index (χ1v) is 9.63. The highest BCUT2D eigenvalue weighted by Gasteiger charge is 2.15. The van der Waals surface area contributed by atoms with E-state index in [9.17, 15) is 4.79 Å². The zero-order valence-electron chi connectivity index (χ0n) is 15.0. The summed E-state index contributed by atoms with van der Waals surface area (Å²) in [5, 5.41) is 12.0. The fraction of sp³-hybridized carbons (Fsp3) is 0.562. The lowest BCUT2D eigenvalue weighted by atomic mass is 10.3. The average Bonchev–Trinajstić information content (AvgIpc) is 3.05. The molecule has 0 radical (unpaired) electrons. The number of carbonyl (C=O) groups is 1. The van der Waals surface area contributed by atoms with Crippen molar-refractivity contribution in [3.63, 3.8) is 0 Å². The first-order chi connectivity index (χ1) is 12.7. The van der Waals surface area contributed by atoms with Crippen LogP contribution in [0.2, 0.25) is 0 Å². The number of ether oxygens (including phenoxy) is 1. The normalized spacial score (nSPS) is 14.5. The smallest absolute Gasteiger partial charge is 0.254 e. The molecule has 1 aliphatic rings. The number of aromatic nitrogens is 5. The van der Waals surface area contributed by atoms with Crippen molar-refractivity contribution in [2.45, 2.75) is 25.5 Å². The Balaban J connectivity index is 1.45. The first kappa shape index (κ1) is 18.6. The minimum Gasteiger partial charge on any atom is -0.378 e. The van der Waals surface area contributed by atoms with Crippen LogP contribution in [0.4, 0.5) is 5.95 Å². The molecular formula is C16H23N7O2S. The van der Waals surface area contributed by atoms with Crippen LogP contribution in [0.3, 0.4) is 0 Å². The van der Waals surface area contributed by atoms with Gasteiger partial charge in [-0.2, -0.15) is 0 Å². The number of anilines is 1. The van der Waals surface area contributed by atoms with Crippen LogP contribution in [0, 0.1) is 6.92 Å². The van der Waals surface area contributed by atoms with E-state index in [1.165, 1.54) is 0 Å². The van der Waals surface area contributed by atoms with Gasteiger partial charge in [-0.3, -0.25) is 4.79 Å². The largest absolute Gasteiger partial charge is 0.378 e. The van der Waals surface area contributed by atoms with E-state index in [-0.39, 0.29) is 5.91 Å². The number of nitrogens with zero attached hydrogens (tertiary/aromatic N) is 6. The van der Waals surface area contributed by atoms with Crippen LogP contribution in [-0.4, -0.2) is 69.2 Å². The summed E-state index contributed by atoms with van der Waals surface area (Å²) in [4.78, 5) is 22.8. The van der Waals surface area contributed by atoms with Gasteiger partial charge in [0.15, 0.2) is 5.16 Å². The number of carbonyl (C=O) groups excluding carboxylic acids is 1. The third-order valence-electron chi connectivity index (χ3n) is 4.03. The Bertz CT molecular complexity index is 729. The number of hydrogen-bond acceptors (Lipinski definition) is 8. The maximum atomic E-state index is 12.2. The molecule has 26 heavy (non-hydrogen) atoms. The molecule has 9 nitrogen and oxygen atoms in total. The maximum Gasteiger partial charge on any atom is 0.254 e. The highest BCUT2D eigenvalue weighted by atomic mass is 32.2. The number of hydrogen-bond donors (Lipinski definition) is 1. The van der Waals surface area contributed by atoms with Crippen LogP contribution in [0.25, 0.3) is 0 Å². The highest BCUT2D eigenvalue weighted by Crippen LogP contribution is 2.16. The minimum absolute atomic E-state index is 0.174. The Kier molecular flexibility index (Phi) is 6.40. The summed E-state index contributed by atoms with van der Waals surface area (Å²) in [7, 11) is 0. The van der Waals surface area contributed by atoms with Gasteiger partial charge in [0.25, 0.3) is 5.91 Å². The molecule has 1 saturated heterocycles. The zero-order valence-corrected chi connectivity index (χ0v) is 15.8. The molecular weight excluding hydrogens is 354 g/mol. The van der Waals surface area contributed by atoms with Gasteiger partial charge >= 0.3 is 0 Å². The molecule has 0 bridgehead atoms. The molecule has 1 fully saturated rings. The Morgan fingerprint density at radius 2 is 2.00 bits per heavy atom. The Morgan fingerprint density at radius 1 is 1.27 bits per heavy atom. The van der Waals surface area contributed by atoms with Crippen molar-refractivity contribution in [1.29, 1.82) is 0 Å². The number of thioether (sulfide) groups is 1. The first-order valence-electron chi connectivity index (χ1n) is 8.64. The van der Waals surface area contributed by atoms with E-state index >= 15 is 0 Å². The van der Waals surface area contributed by atoms with Crippen LogP contribution in [-0.2, 0) is 11.3 Å². The van der Waals surface area contributed by atoms with E-state index in [2.05, 4.69) is 32.4 Å². The van der Waals surface area contributed by atoms with E-state index in [0.717, 1.165) is 36.4 Å². The van der Waals surface area contributed by atoms with Gasteiger partial charge in [0.2, 0.25) is 5.95 Å². The molecule has 140 valence electrons. The molecule has 0 aromatic carbocycles. The van der Waals surface area contributed by atoms with Gasteiger partial charge in [-0.15, -0.1) is 10.2 Å². The van der Waals surface area contributed by atoms with Gasteiger partial charge in [-0.1, -0.05) is 11.8 Å². The average molecular weight is 377 g/mol. The van der Waals surface area contributed by atoms with Gasteiger partial charge in [-0.25, -0.2) is 9.97 Å². The predicted octanol–water partition coefficient (Wildman–Crippen LogP) is 0.755. The topological polar surface area (TPSA) is 98.1 Å². The molecule has 1 amide bonds. The summed E-state index contributed by atoms with van der Waals surface area (Å²) in [5.41, 5.74) is 0.458. The summed E-state index contributed by atoms with van der Waals surface area (Å²) >= 11 is 1.58. The lowest BCUT2D eigenvalue weighted by Gasteiger charge is -2.26. The Morgan fingerprint density at radius 3 is 2.69 bits per heavy atom. The summed E-state index contributed by atoms with van der Waals surface area (Å²) in [6.45, 7) is 8.24. The standard InChI is InChI=1S/C16H23N7O2S/c1-3-23-12(2)20-21-16(23)26-9-4-17-14(24)13-10-18-15(19-11-13)22-5-7-25-8-6-22/h10-11H,3-9H2,1-2H3,(H,17,24). The molecule has 0 atom stereocenters. The van der Waals surface area contributed by atoms with Gasteiger partial charge in [0.05, 0.1) is 18.8 Å². The number of rotatable bonds is 7. The molecule has 0 spiro atoms. The second kappa shape index (κ2) is 8.95. The second-order valence-electron chi connectivity index (χ2n) is 5.75. The highest BCUT2D eigenvalue weighted by molar-refractivity contribution is 7.99. The number of nitrogens with one attached hydrogen (secondary N) is 1. The zero-order chi connectivity index (χ0) is 18.4. The van der Waals surface area contributed by atoms with E-state index in [1.54, 1.807) is 24.2 Å². The minimum atomic E-state index is -0.174. The summed E-state index contributed by atoms with van der Waals surface area (Å²) in [6, 6.07) is 0. The molecule has 2 aromatic heterocycles. The van der Waals surface area contributed by atoms with Crippen LogP contribution < -0.4 is 10.2 Å². The maximum absolute atomic E-state index is 12.2. The van der Waals surface area contributed by atoms with Crippen LogP contribution in [0.15, 0.2) is 17.6 Å². The van der Waals surface area contributed by atoms with Crippen molar-refractivity contribution in [3.8, 4) is 0 Å². The van der Waals surface area contributed by atoms with Crippen LogP contribution >= 0.6 is 11.8 Å². The Labute approximate surface area is 156 Å². The van der Waals surface area contributed by atoms with Crippen molar-refractivity contribution in [3.05, 3.63) is 23.8 Å². The molecule has 0 saturated carbocycles. The number of aryl methyl sites for hydroxylation is 1. The molecule has 1 N–H and O–H groups in total. The molecule has 1 aliphatic heterocycles. The summed E-state index contributed by atoms with van der Waals surface area (Å²) in [5.74, 6) is 2.08. The van der Waals surface area contributed by atoms with Crippen molar-refractivity contribution >= 4 is 23.6 Å². The molecule has 10 heteroatoms. The lowest BCUT2D eigenvalue weighted by Crippen LogP contribution is -2.37. The summed E-state index contributed by atoms with van der Waals surface area (Å²) in [6.07, 6.45) is 3.13. The summed E-state index contributed by atoms with van der Waals surface area (Å²) < 4.78 is 7.36. The van der Waals surface area contributed by atoms with Gasteiger partial charge in [-0.05, 0) is 13.8 Å². The third-order valence-corrected chi connectivity index (χ3v) is 5.00. The van der Waals surface area contributed by atoms with Crippen LogP contribution in [0.1, 0.15) is 23.1 Å². The van der Waals surface area contributed by atoms with Gasteiger partial charge < -0.3 is 19.5 Å². The number of morpholine rings is 1. The monoisotopic (exact) mass is 377 g/mol. The fourth-order valence-electron chi connectivity index (χ4n) is 2.61. The van der Waals surface area contributed by atoms with E-state index in [4.69, 9.17) is 4.74 Å². The molecule has 3 heterocycles. The third kappa shape index (κ3) is 4.50. The predicted molar refractivity (Wildman–Crippen MR) is 98.6 cm³/mol. The molecule has 3 rings (SSSR count). The van der Waals surface area contributed by atoms with E-state index in [1.807, 2.05) is 16.4 Å². The molecule has 0 unspecified atom stereocenters. The number of amides is 1. The quantitative estimate of drug-likeness (QED) is 0.558. The van der Waals surface area contributed by atoms with E-state index in [0.29, 0.717) is 31.3 Å². The molecule has 2 aromatic rings. The van der Waals surface area contributed by atoms with Crippen molar-refractivity contribution in [2.75, 3.05) is 43.5 Å². The molecule has 0 aliphatic carbocycles. The van der Waals surface area contributed by atoms with E-state index < -0.39 is 0 Å². The Hall–Kier alpha value is -2.20. The van der Waals surface area contributed by atoms with Crippen molar-refractivity contribution in [1.82, 2.24) is 30.0 Å². The SMILES string of the molecule is CCn1c(C)nnc1SCCNC(=O)c1cnc(N2CCOCC2)nc1. The van der Waals surface area contributed by atoms with Gasteiger partial charge in [0.1, 0.15) is 5.82 Å².